The molecule has 1 rings (SSSR count). The number of rotatable bonds is 7. The Kier molecular flexibility index (Phi) is 6.27. The van der Waals surface area contributed by atoms with E-state index in [9.17, 15) is 4.79 Å². The van der Waals surface area contributed by atoms with Gasteiger partial charge in [-0.1, -0.05) is 26.7 Å². The smallest absolute Gasteiger partial charge is 0.222 e. The summed E-state index contributed by atoms with van der Waals surface area (Å²) in [4.78, 5) is 14.3. The van der Waals surface area contributed by atoms with Crippen molar-refractivity contribution in [3.63, 3.8) is 0 Å². The molecule has 1 amide bonds. The highest BCUT2D eigenvalue weighted by atomic mass is 16.1. The Labute approximate surface area is 118 Å². The molecule has 1 atom stereocenters. The van der Waals surface area contributed by atoms with E-state index < -0.39 is 0 Å². The van der Waals surface area contributed by atoms with E-state index in [0.717, 1.165) is 38.6 Å². The monoisotopic (exact) mass is 269 g/mol. The Bertz CT molecular complexity index is 273. The lowest BCUT2D eigenvalue weighted by Gasteiger charge is -2.27. The number of hydrogen-bond donors (Lipinski definition) is 2. The van der Waals surface area contributed by atoms with Crippen LogP contribution in [0.1, 0.15) is 52.4 Å². The third kappa shape index (κ3) is 6.39. The zero-order chi connectivity index (χ0) is 14.5. The van der Waals surface area contributed by atoms with Crippen LogP contribution in [-0.4, -0.2) is 43.0 Å². The molecule has 4 heteroatoms. The van der Waals surface area contributed by atoms with Crippen molar-refractivity contribution in [3.8, 4) is 0 Å². The number of likely N-dealkylation sites (N-methyl/N-ethyl adjacent to an activating group) is 1. The van der Waals surface area contributed by atoms with Gasteiger partial charge in [-0.2, -0.15) is 0 Å². The molecule has 4 nitrogen and oxygen atoms in total. The van der Waals surface area contributed by atoms with E-state index in [1.807, 2.05) is 14.1 Å². The van der Waals surface area contributed by atoms with E-state index in [2.05, 4.69) is 24.1 Å². The molecule has 19 heavy (non-hydrogen) atoms. The van der Waals surface area contributed by atoms with Crippen molar-refractivity contribution in [2.45, 2.75) is 64.0 Å². The van der Waals surface area contributed by atoms with Gasteiger partial charge in [-0.15, -0.1) is 0 Å². The van der Waals surface area contributed by atoms with Crippen LogP contribution in [0.3, 0.4) is 0 Å². The predicted octanol–water partition coefficient (Wildman–Crippen LogP) is 1.74. The second-order valence-corrected chi connectivity index (χ2v) is 6.90. The van der Waals surface area contributed by atoms with Crippen LogP contribution in [0.5, 0.6) is 0 Å². The zero-order valence-corrected chi connectivity index (χ0v) is 13.0. The van der Waals surface area contributed by atoms with Gasteiger partial charge in [0.15, 0.2) is 0 Å². The molecule has 3 N–H and O–H groups in total. The van der Waals surface area contributed by atoms with Gasteiger partial charge in [0.1, 0.15) is 0 Å². The number of nitrogens with one attached hydrogen (secondary N) is 1. The molecule has 0 radical (unpaired) electrons. The minimum absolute atomic E-state index is 0.122. The first-order valence-corrected chi connectivity index (χ1v) is 7.54. The van der Waals surface area contributed by atoms with Gasteiger partial charge in [-0.3, -0.25) is 4.79 Å². The summed E-state index contributed by atoms with van der Waals surface area (Å²) in [6, 6.07) is 0.229. The SMILES string of the molecule is CC(C)CC(CN(C)C)NC(=O)CC1(N)CCCC1. The van der Waals surface area contributed by atoms with E-state index in [0.29, 0.717) is 12.3 Å². The molecule has 0 saturated heterocycles. The van der Waals surface area contributed by atoms with Gasteiger partial charge in [0.2, 0.25) is 5.91 Å². The first kappa shape index (κ1) is 16.4. The van der Waals surface area contributed by atoms with Crippen LogP contribution in [0.25, 0.3) is 0 Å². The van der Waals surface area contributed by atoms with E-state index in [1.54, 1.807) is 0 Å². The maximum atomic E-state index is 12.2. The fourth-order valence-corrected chi connectivity index (χ4v) is 3.04. The summed E-state index contributed by atoms with van der Waals surface area (Å²) in [6.45, 7) is 5.27. The predicted molar refractivity (Wildman–Crippen MR) is 79.9 cm³/mol. The molecular formula is C15H31N3O. The van der Waals surface area contributed by atoms with Crippen LogP contribution in [0.15, 0.2) is 0 Å². The first-order chi connectivity index (χ1) is 8.81. The Morgan fingerprint density at radius 2 is 1.89 bits per heavy atom. The van der Waals surface area contributed by atoms with Crippen LogP contribution >= 0.6 is 0 Å². The number of nitrogens with zero attached hydrogens (tertiary/aromatic N) is 1. The van der Waals surface area contributed by atoms with Gasteiger partial charge in [0.05, 0.1) is 0 Å². The summed E-state index contributed by atoms with van der Waals surface area (Å²) in [7, 11) is 4.09. The topological polar surface area (TPSA) is 58.4 Å². The standard InChI is InChI=1S/C15H31N3O/c1-12(2)9-13(11-18(3)4)17-14(19)10-15(16)7-5-6-8-15/h12-13H,5-11,16H2,1-4H3,(H,17,19). The Balaban J connectivity index is 2.45. The summed E-state index contributed by atoms with van der Waals surface area (Å²) >= 11 is 0. The normalized spacial score (nSPS) is 19.9. The van der Waals surface area contributed by atoms with Gasteiger partial charge >= 0.3 is 0 Å². The highest BCUT2D eigenvalue weighted by molar-refractivity contribution is 5.77. The van der Waals surface area contributed by atoms with E-state index in [4.69, 9.17) is 5.73 Å². The molecule has 1 aliphatic rings. The maximum absolute atomic E-state index is 12.2. The third-order valence-corrected chi connectivity index (χ3v) is 3.82. The lowest BCUT2D eigenvalue weighted by Crippen LogP contribution is -2.47. The van der Waals surface area contributed by atoms with Crippen molar-refractivity contribution in [2.75, 3.05) is 20.6 Å². The maximum Gasteiger partial charge on any atom is 0.222 e. The molecule has 0 aromatic rings. The molecule has 0 aliphatic heterocycles. The van der Waals surface area contributed by atoms with Crippen molar-refractivity contribution in [2.24, 2.45) is 11.7 Å². The van der Waals surface area contributed by atoms with Crippen LogP contribution in [0.4, 0.5) is 0 Å². The molecule has 1 fully saturated rings. The second-order valence-electron chi connectivity index (χ2n) is 6.90. The lowest BCUT2D eigenvalue weighted by atomic mass is 9.94. The van der Waals surface area contributed by atoms with Gasteiger partial charge < -0.3 is 16.0 Å². The number of hydrogen-bond acceptors (Lipinski definition) is 3. The molecule has 0 heterocycles. The average molecular weight is 269 g/mol. The Morgan fingerprint density at radius 3 is 2.37 bits per heavy atom. The molecule has 112 valence electrons. The Morgan fingerprint density at radius 1 is 1.32 bits per heavy atom. The van der Waals surface area contributed by atoms with E-state index in [-0.39, 0.29) is 17.5 Å². The van der Waals surface area contributed by atoms with E-state index >= 15 is 0 Å². The van der Waals surface area contributed by atoms with Crippen LogP contribution < -0.4 is 11.1 Å². The minimum Gasteiger partial charge on any atom is -0.352 e. The van der Waals surface area contributed by atoms with Gasteiger partial charge in [0, 0.05) is 24.5 Å². The summed E-state index contributed by atoms with van der Waals surface area (Å²) in [5.74, 6) is 0.709. The Hall–Kier alpha value is -0.610. The van der Waals surface area contributed by atoms with Crippen molar-refractivity contribution >= 4 is 5.91 Å². The summed E-state index contributed by atoms with van der Waals surface area (Å²) in [5.41, 5.74) is 6.02. The molecule has 0 spiro atoms. The third-order valence-electron chi connectivity index (χ3n) is 3.82. The molecule has 0 aromatic carbocycles. The van der Waals surface area contributed by atoms with Crippen molar-refractivity contribution in [1.82, 2.24) is 10.2 Å². The highest BCUT2D eigenvalue weighted by Gasteiger charge is 2.32. The first-order valence-electron chi connectivity index (χ1n) is 7.54. The van der Waals surface area contributed by atoms with Crippen LogP contribution in [0.2, 0.25) is 0 Å². The average Bonchev–Trinajstić information content (AvgIpc) is 2.61. The van der Waals surface area contributed by atoms with Gasteiger partial charge in [0.25, 0.3) is 0 Å². The minimum atomic E-state index is -0.245. The quantitative estimate of drug-likeness (QED) is 0.740. The highest BCUT2D eigenvalue weighted by Crippen LogP contribution is 2.29. The number of carbonyl (C=O) groups is 1. The van der Waals surface area contributed by atoms with Crippen LogP contribution in [0, 0.1) is 5.92 Å². The fraction of sp³-hybridized carbons (Fsp3) is 0.933. The largest absolute Gasteiger partial charge is 0.352 e. The van der Waals surface area contributed by atoms with Crippen molar-refractivity contribution in [3.05, 3.63) is 0 Å². The zero-order valence-electron chi connectivity index (χ0n) is 13.0. The van der Waals surface area contributed by atoms with E-state index in [1.165, 1.54) is 0 Å². The number of amides is 1. The summed E-state index contributed by atoms with van der Waals surface area (Å²) in [6.07, 6.45) is 5.80. The van der Waals surface area contributed by atoms with Crippen molar-refractivity contribution < 1.29 is 4.79 Å². The van der Waals surface area contributed by atoms with Gasteiger partial charge in [-0.25, -0.2) is 0 Å². The van der Waals surface area contributed by atoms with Crippen molar-refractivity contribution in [1.29, 1.82) is 0 Å². The number of carbonyl (C=O) groups excluding carboxylic acids is 1. The molecule has 1 saturated carbocycles. The van der Waals surface area contributed by atoms with Gasteiger partial charge in [-0.05, 0) is 39.3 Å². The molecule has 1 aliphatic carbocycles. The number of nitrogens with two attached hydrogens (primary N) is 1. The molecular weight excluding hydrogens is 238 g/mol. The molecule has 1 unspecified atom stereocenters. The molecule has 0 aromatic heterocycles. The fourth-order valence-electron chi connectivity index (χ4n) is 3.04. The molecule has 0 bridgehead atoms. The summed E-state index contributed by atoms with van der Waals surface area (Å²) in [5, 5.41) is 3.17. The van der Waals surface area contributed by atoms with Crippen LogP contribution in [-0.2, 0) is 4.79 Å². The lowest BCUT2D eigenvalue weighted by molar-refractivity contribution is -0.123. The second kappa shape index (κ2) is 7.25. The summed E-state index contributed by atoms with van der Waals surface area (Å²) < 4.78 is 0.